The molecule has 5 N–H and O–H groups in total. The number of thioether (sulfide) groups is 1. The highest BCUT2D eigenvalue weighted by atomic mass is 79.9. The molecule has 3 aromatic carbocycles. The number of benzene rings is 3. The van der Waals surface area contributed by atoms with Crippen molar-refractivity contribution >= 4 is 72.7 Å². The summed E-state index contributed by atoms with van der Waals surface area (Å²) in [5, 5.41) is 16.1. The Labute approximate surface area is 237 Å². The Balaban J connectivity index is 1.63. The number of phenolic OH excluding ortho intramolecular Hbond substituents is 1. The van der Waals surface area contributed by atoms with Gasteiger partial charge >= 0.3 is 6.09 Å². The van der Waals surface area contributed by atoms with E-state index in [-0.39, 0.29) is 11.7 Å². The molecule has 0 spiro atoms. The zero-order chi connectivity index (χ0) is 26.8. The van der Waals surface area contributed by atoms with Gasteiger partial charge in [0.05, 0.1) is 15.8 Å². The maximum atomic E-state index is 12.7. The second kappa shape index (κ2) is 14.1. The van der Waals surface area contributed by atoms with Gasteiger partial charge in [0.1, 0.15) is 11.9 Å². The molecule has 0 radical (unpaired) electrons. The highest BCUT2D eigenvalue weighted by Crippen LogP contribution is 2.38. The number of anilines is 3. The van der Waals surface area contributed by atoms with Gasteiger partial charge < -0.3 is 20.9 Å². The van der Waals surface area contributed by atoms with E-state index in [2.05, 4.69) is 42.5 Å². The molecule has 0 heterocycles. The molecule has 194 valence electrons. The Kier molecular flexibility index (Phi) is 10.9. The number of carbonyl (C=O) groups excluding carboxylic acids is 2. The van der Waals surface area contributed by atoms with E-state index in [4.69, 9.17) is 10.5 Å². The number of rotatable bonds is 10. The SMILES string of the molecule is CSc1ccc(NC(=O)O[C@H](CCC/C=C/C(=O)Nc2ccccc2N)c2cc(Br)cc(Br)c2O)cc1. The second-order valence-electron chi connectivity index (χ2n) is 7.98. The Morgan fingerprint density at radius 1 is 1.11 bits per heavy atom. The number of carbonyl (C=O) groups is 2. The third-order valence-corrected chi connectivity index (χ3v) is 7.12. The standard InChI is InChI=1S/C27H27Br2N3O4S/c1-37-19-13-11-18(12-14-19)31-27(35)36-24(20-15-17(28)16-21(29)26(20)34)9-3-2-4-10-25(33)32-23-8-6-5-7-22(23)30/h4-8,10-16,24,34H,2-3,9,30H2,1H3,(H,31,35)(H,32,33)/b10-4+/t24-/m1/s1. The largest absolute Gasteiger partial charge is 0.506 e. The van der Waals surface area contributed by atoms with Crippen LogP contribution < -0.4 is 16.4 Å². The first kappa shape index (κ1) is 28.6. The summed E-state index contributed by atoms with van der Waals surface area (Å²) in [7, 11) is 0. The Bertz CT molecular complexity index is 1270. The Morgan fingerprint density at radius 3 is 2.54 bits per heavy atom. The van der Waals surface area contributed by atoms with Crippen LogP contribution in [-0.2, 0) is 9.53 Å². The van der Waals surface area contributed by atoms with E-state index in [1.165, 1.54) is 6.08 Å². The summed E-state index contributed by atoms with van der Waals surface area (Å²) in [6.07, 6.45) is 5.40. The third-order valence-electron chi connectivity index (χ3n) is 5.32. The molecule has 0 saturated heterocycles. The molecule has 3 aromatic rings. The van der Waals surface area contributed by atoms with Crippen LogP contribution in [0.5, 0.6) is 5.75 Å². The lowest BCUT2D eigenvalue weighted by molar-refractivity contribution is -0.111. The first-order chi connectivity index (χ1) is 17.8. The van der Waals surface area contributed by atoms with E-state index in [9.17, 15) is 14.7 Å². The molecule has 0 unspecified atom stereocenters. The number of amides is 2. The van der Waals surface area contributed by atoms with Crippen molar-refractivity contribution in [3.63, 3.8) is 0 Å². The second-order valence-corrected chi connectivity index (χ2v) is 10.6. The predicted molar refractivity (Wildman–Crippen MR) is 157 cm³/mol. The van der Waals surface area contributed by atoms with Crippen molar-refractivity contribution in [3.05, 3.63) is 87.3 Å². The van der Waals surface area contributed by atoms with Gasteiger partial charge in [-0.3, -0.25) is 10.1 Å². The first-order valence-electron chi connectivity index (χ1n) is 11.4. The van der Waals surface area contributed by atoms with E-state index >= 15 is 0 Å². The molecule has 0 bridgehead atoms. The van der Waals surface area contributed by atoms with Crippen LogP contribution in [0.1, 0.15) is 30.9 Å². The van der Waals surface area contributed by atoms with Crippen molar-refractivity contribution in [2.75, 3.05) is 22.6 Å². The maximum Gasteiger partial charge on any atom is 0.412 e. The molecular formula is C27H27Br2N3O4S. The topological polar surface area (TPSA) is 114 Å². The van der Waals surface area contributed by atoms with Crippen LogP contribution in [0.2, 0.25) is 0 Å². The Hall–Kier alpha value is -2.95. The molecule has 1 atom stereocenters. The van der Waals surface area contributed by atoms with E-state index in [0.717, 1.165) is 9.37 Å². The number of unbranched alkanes of at least 4 members (excludes halogenated alkanes) is 1. The third kappa shape index (κ3) is 8.84. The molecule has 3 rings (SSSR count). The fraction of sp³-hybridized carbons (Fsp3) is 0.185. The van der Waals surface area contributed by atoms with Crippen molar-refractivity contribution in [3.8, 4) is 5.75 Å². The molecule has 37 heavy (non-hydrogen) atoms. The van der Waals surface area contributed by atoms with Crippen LogP contribution in [0.3, 0.4) is 0 Å². The van der Waals surface area contributed by atoms with Gasteiger partial charge in [-0.1, -0.05) is 34.1 Å². The fourth-order valence-electron chi connectivity index (χ4n) is 3.46. The normalized spacial score (nSPS) is 11.8. The summed E-state index contributed by atoms with van der Waals surface area (Å²) in [6.45, 7) is 0. The monoisotopic (exact) mass is 647 g/mol. The minimum absolute atomic E-state index is 0.000642. The average molecular weight is 649 g/mol. The number of allylic oxidation sites excluding steroid dienone is 1. The smallest absolute Gasteiger partial charge is 0.412 e. The minimum atomic E-state index is -0.717. The van der Waals surface area contributed by atoms with Crippen molar-refractivity contribution in [1.29, 1.82) is 0 Å². The quantitative estimate of drug-likeness (QED) is 0.0770. The number of aromatic hydroxyl groups is 1. The van der Waals surface area contributed by atoms with Crippen LogP contribution >= 0.6 is 43.6 Å². The molecule has 7 nitrogen and oxygen atoms in total. The molecule has 0 aliphatic heterocycles. The summed E-state index contributed by atoms with van der Waals surface area (Å²) in [6, 6.07) is 17.9. The summed E-state index contributed by atoms with van der Waals surface area (Å²) >= 11 is 8.37. The highest BCUT2D eigenvalue weighted by Gasteiger charge is 2.22. The van der Waals surface area contributed by atoms with Gasteiger partial charge in [-0.2, -0.15) is 0 Å². The lowest BCUT2D eigenvalue weighted by atomic mass is 10.0. The lowest BCUT2D eigenvalue weighted by Gasteiger charge is -2.20. The molecule has 10 heteroatoms. The molecule has 0 aliphatic rings. The lowest BCUT2D eigenvalue weighted by Crippen LogP contribution is -2.18. The number of ether oxygens (including phenoxy) is 1. The van der Waals surface area contributed by atoms with Crippen LogP contribution in [0.15, 0.2) is 86.7 Å². The Morgan fingerprint density at radius 2 is 1.84 bits per heavy atom. The van der Waals surface area contributed by atoms with Crippen molar-refractivity contribution in [2.45, 2.75) is 30.3 Å². The molecule has 2 amide bonds. The van der Waals surface area contributed by atoms with E-state index < -0.39 is 12.2 Å². The average Bonchev–Trinajstić information content (AvgIpc) is 2.87. The van der Waals surface area contributed by atoms with Crippen molar-refractivity contribution < 1.29 is 19.4 Å². The van der Waals surface area contributed by atoms with Gasteiger partial charge in [-0.15, -0.1) is 11.8 Å². The van der Waals surface area contributed by atoms with Crippen molar-refractivity contribution in [1.82, 2.24) is 0 Å². The molecule has 0 saturated carbocycles. The van der Waals surface area contributed by atoms with Gasteiger partial charge in [-0.05, 0) is 96.1 Å². The first-order valence-corrected chi connectivity index (χ1v) is 14.2. The molecule has 0 aromatic heterocycles. The summed E-state index contributed by atoms with van der Waals surface area (Å²) in [4.78, 5) is 26.0. The van der Waals surface area contributed by atoms with Gasteiger partial charge in [0, 0.05) is 20.6 Å². The number of hydrogen-bond acceptors (Lipinski definition) is 6. The number of nitrogen functional groups attached to an aromatic ring is 1. The molecule has 0 aliphatic carbocycles. The van der Waals surface area contributed by atoms with Gasteiger partial charge in [-0.25, -0.2) is 4.79 Å². The minimum Gasteiger partial charge on any atom is -0.506 e. The zero-order valence-corrected chi connectivity index (χ0v) is 24.0. The van der Waals surface area contributed by atoms with E-state index in [1.807, 2.05) is 18.4 Å². The van der Waals surface area contributed by atoms with Crippen LogP contribution in [0.25, 0.3) is 0 Å². The predicted octanol–water partition coefficient (Wildman–Crippen LogP) is 7.88. The number of para-hydroxylation sites is 2. The van der Waals surface area contributed by atoms with Crippen molar-refractivity contribution in [2.24, 2.45) is 0 Å². The fourth-order valence-corrected chi connectivity index (χ4v) is 5.12. The number of nitrogens with two attached hydrogens (primary N) is 1. The highest BCUT2D eigenvalue weighted by molar-refractivity contribution is 9.11. The zero-order valence-electron chi connectivity index (χ0n) is 20.0. The molecule has 0 fully saturated rings. The van der Waals surface area contributed by atoms with Gasteiger partial charge in [0.15, 0.2) is 0 Å². The summed E-state index contributed by atoms with van der Waals surface area (Å²) in [5.74, 6) is -0.285. The van der Waals surface area contributed by atoms with Gasteiger partial charge in [0.2, 0.25) is 5.91 Å². The number of halogens is 2. The van der Waals surface area contributed by atoms with E-state index in [1.54, 1.807) is 66.4 Å². The van der Waals surface area contributed by atoms with E-state index in [0.29, 0.717) is 46.4 Å². The summed E-state index contributed by atoms with van der Waals surface area (Å²) < 4.78 is 6.94. The number of hydrogen-bond donors (Lipinski definition) is 4. The van der Waals surface area contributed by atoms with Crippen LogP contribution in [0, 0.1) is 0 Å². The van der Waals surface area contributed by atoms with Crippen LogP contribution in [0.4, 0.5) is 21.9 Å². The molecular weight excluding hydrogens is 622 g/mol. The number of nitrogens with one attached hydrogen (secondary N) is 2. The maximum absolute atomic E-state index is 12.7. The summed E-state index contributed by atoms with van der Waals surface area (Å²) in [5.41, 5.74) is 7.97. The van der Waals surface area contributed by atoms with Crippen LogP contribution in [-0.4, -0.2) is 23.4 Å². The number of phenols is 1. The van der Waals surface area contributed by atoms with Gasteiger partial charge in [0.25, 0.3) is 0 Å².